The van der Waals surface area contributed by atoms with Gasteiger partial charge in [-0.05, 0) is 37.3 Å². The molecular formula is C14H10F3N3. The molecule has 6 heteroatoms. The number of hydrogen-bond donors (Lipinski definition) is 1. The van der Waals surface area contributed by atoms with Gasteiger partial charge in [0.1, 0.15) is 5.69 Å². The molecule has 3 nitrogen and oxygen atoms in total. The van der Waals surface area contributed by atoms with E-state index in [1.807, 2.05) is 19.1 Å². The first-order valence-electron chi connectivity index (χ1n) is 5.94. The maximum Gasteiger partial charge on any atom is 0.416 e. The topological polar surface area (TPSA) is 41.6 Å². The van der Waals surface area contributed by atoms with E-state index in [0.29, 0.717) is 22.6 Å². The van der Waals surface area contributed by atoms with Gasteiger partial charge in [-0.2, -0.15) is 13.2 Å². The van der Waals surface area contributed by atoms with Crippen molar-refractivity contribution in [3.63, 3.8) is 0 Å². The van der Waals surface area contributed by atoms with Gasteiger partial charge in [-0.1, -0.05) is 6.07 Å². The highest BCUT2D eigenvalue weighted by molar-refractivity contribution is 5.79. The number of rotatable bonds is 1. The summed E-state index contributed by atoms with van der Waals surface area (Å²) >= 11 is 0. The van der Waals surface area contributed by atoms with Gasteiger partial charge >= 0.3 is 6.18 Å². The molecular weight excluding hydrogens is 267 g/mol. The lowest BCUT2D eigenvalue weighted by Crippen LogP contribution is -2.04. The summed E-state index contributed by atoms with van der Waals surface area (Å²) in [7, 11) is 0. The van der Waals surface area contributed by atoms with E-state index in [9.17, 15) is 13.2 Å². The average Bonchev–Trinajstić information content (AvgIpc) is 2.80. The van der Waals surface area contributed by atoms with Crippen molar-refractivity contribution in [1.82, 2.24) is 15.0 Å². The van der Waals surface area contributed by atoms with Gasteiger partial charge in [-0.3, -0.25) is 0 Å². The van der Waals surface area contributed by atoms with Gasteiger partial charge in [0.15, 0.2) is 5.82 Å². The summed E-state index contributed by atoms with van der Waals surface area (Å²) in [6, 6.07) is 8.86. The minimum absolute atomic E-state index is 0.345. The van der Waals surface area contributed by atoms with Crippen LogP contribution in [0.1, 0.15) is 11.3 Å². The number of benzene rings is 1. The van der Waals surface area contributed by atoms with Crippen LogP contribution in [0.2, 0.25) is 0 Å². The van der Waals surface area contributed by atoms with Crippen LogP contribution in [0.3, 0.4) is 0 Å². The van der Waals surface area contributed by atoms with Crippen LogP contribution >= 0.6 is 0 Å². The number of H-pyrrole nitrogens is 1. The number of alkyl halides is 3. The van der Waals surface area contributed by atoms with Gasteiger partial charge in [-0.15, -0.1) is 0 Å². The zero-order valence-corrected chi connectivity index (χ0v) is 10.5. The highest BCUT2D eigenvalue weighted by atomic mass is 19.4. The van der Waals surface area contributed by atoms with E-state index in [-0.39, 0.29) is 0 Å². The zero-order chi connectivity index (χ0) is 14.3. The molecule has 102 valence electrons. The Morgan fingerprint density at radius 2 is 1.85 bits per heavy atom. The third-order valence-corrected chi connectivity index (χ3v) is 2.94. The lowest BCUT2D eigenvalue weighted by atomic mass is 10.2. The molecule has 0 radical (unpaired) electrons. The number of fused-ring (bicyclic) bond motifs is 1. The fourth-order valence-electron chi connectivity index (χ4n) is 1.98. The normalized spacial score (nSPS) is 12.0. The van der Waals surface area contributed by atoms with Gasteiger partial charge < -0.3 is 4.98 Å². The number of nitrogens with one attached hydrogen (secondary N) is 1. The number of imidazole rings is 1. The summed E-state index contributed by atoms with van der Waals surface area (Å²) < 4.78 is 38.0. The second-order valence-electron chi connectivity index (χ2n) is 4.48. The maximum absolute atomic E-state index is 12.7. The van der Waals surface area contributed by atoms with Crippen LogP contribution < -0.4 is 0 Å². The molecule has 3 aromatic rings. The molecule has 0 aliphatic carbocycles. The summed E-state index contributed by atoms with van der Waals surface area (Å²) in [4.78, 5) is 11.4. The molecule has 1 N–H and O–H groups in total. The first-order chi connectivity index (χ1) is 9.43. The van der Waals surface area contributed by atoms with Crippen LogP contribution in [0.15, 0.2) is 36.4 Å². The molecule has 0 saturated carbocycles. The number of pyridine rings is 1. The van der Waals surface area contributed by atoms with Gasteiger partial charge in [0.25, 0.3) is 0 Å². The van der Waals surface area contributed by atoms with Crippen LogP contribution in [0, 0.1) is 6.92 Å². The Hall–Kier alpha value is -2.37. The van der Waals surface area contributed by atoms with Crippen molar-refractivity contribution in [2.45, 2.75) is 13.1 Å². The first kappa shape index (κ1) is 12.7. The summed E-state index contributed by atoms with van der Waals surface area (Å²) in [5, 5.41) is 0. The van der Waals surface area contributed by atoms with Crippen LogP contribution in [-0.2, 0) is 6.18 Å². The number of aromatic nitrogens is 3. The predicted octanol–water partition coefficient (Wildman–Crippen LogP) is 3.95. The third kappa shape index (κ3) is 2.24. The molecule has 2 heterocycles. The molecule has 2 aromatic heterocycles. The number of nitrogens with zero attached hydrogens (tertiary/aromatic N) is 2. The molecule has 0 spiro atoms. The van der Waals surface area contributed by atoms with Crippen LogP contribution in [0.4, 0.5) is 13.2 Å². The van der Waals surface area contributed by atoms with E-state index in [1.54, 1.807) is 6.07 Å². The van der Waals surface area contributed by atoms with E-state index in [1.165, 1.54) is 6.07 Å². The number of halogens is 3. The van der Waals surface area contributed by atoms with Crippen molar-refractivity contribution in [2.75, 3.05) is 0 Å². The molecule has 1 aromatic carbocycles. The Morgan fingerprint density at radius 1 is 1.05 bits per heavy atom. The van der Waals surface area contributed by atoms with Crippen LogP contribution in [-0.4, -0.2) is 15.0 Å². The second-order valence-corrected chi connectivity index (χ2v) is 4.48. The minimum atomic E-state index is -4.36. The summed E-state index contributed by atoms with van der Waals surface area (Å²) in [5.41, 5.74) is 1.56. The van der Waals surface area contributed by atoms with E-state index < -0.39 is 11.7 Å². The number of aryl methyl sites for hydroxylation is 1. The van der Waals surface area contributed by atoms with Gasteiger partial charge in [0.05, 0.1) is 16.6 Å². The van der Waals surface area contributed by atoms with E-state index in [4.69, 9.17) is 0 Å². The lowest BCUT2D eigenvalue weighted by molar-refractivity contribution is -0.137. The number of aromatic amines is 1. The molecule has 0 fully saturated rings. The van der Waals surface area contributed by atoms with E-state index in [2.05, 4.69) is 15.0 Å². The second kappa shape index (κ2) is 4.33. The molecule has 0 aliphatic heterocycles. The lowest BCUT2D eigenvalue weighted by Gasteiger charge is -2.05. The van der Waals surface area contributed by atoms with Crippen LogP contribution in [0.5, 0.6) is 0 Å². The van der Waals surface area contributed by atoms with Crippen molar-refractivity contribution in [1.29, 1.82) is 0 Å². The Morgan fingerprint density at radius 3 is 2.55 bits per heavy atom. The molecule has 0 unspecified atom stereocenters. The van der Waals surface area contributed by atoms with Crippen LogP contribution in [0.25, 0.3) is 22.6 Å². The van der Waals surface area contributed by atoms with Crippen molar-refractivity contribution in [2.24, 2.45) is 0 Å². The van der Waals surface area contributed by atoms with Crippen molar-refractivity contribution >= 4 is 11.0 Å². The Kier molecular flexibility index (Phi) is 2.74. The average molecular weight is 277 g/mol. The fourth-order valence-corrected chi connectivity index (χ4v) is 1.98. The summed E-state index contributed by atoms with van der Waals surface area (Å²) in [5.74, 6) is 0.461. The Labute approximate surface area is 112 Å². The SMILES string of the molecule is Cc1cccc(-c2nc3ccc(C(F)(F)F)cc3[nH]2)n1. The standard InChI is InChI=1S/C14H10F3N3/c1-8-3-2-4-11(18-8)13-19-10-6-5-9(14(15,16)17)7-12(10)20-13/h2-7H,1H3,(H,19,20). The van der Waals surface area contributed by atoms with Crippen molar-refractivity contribution in [3.05, 3.63) is 47.7 Å². The maximum atomic E-state index is 12.7. The Bertz CT molecular complexity index is 775. The smallest absolute Gasteiger partial charge is 0.337 e. The Balaban J connectivity index is 2.11. The quantitative estimate of drug-likeness (QED) is 0.731. The molecule has 0 atom stereocenters. The van der Waals surface area contributed by atoms with Crippen molar-refractivity contribution < 1.29 is 13.2 Å². The summed E-state index contributed by atoms with van der Waals surface area (Å²) in [6.07, 6.45) is -4.36. The molecule has 0 saturated heterocycles. The molecule has 0 bridgehead atoms. The molecule has 20 heavy (non-hydrogen) atoms. The molecule has 0 amide bonds. The molecule has 3 rings (SSSR count). The van der Waals surface area contributed by atoms with Gasteiger partial charge in [-0.25, -0.2) is 9.97 Å². The third-order valence-electron chi connectivity index (χ3n) is 2.94. The predicted molar refractivity (Wildman–Crippen MR) is 69.1 cm³/mol. The highest BCUT2D eigenvalue weighted by Crippen LogP contribution is 2.31. The highest BCUT2D eigenvalue weighted by Gasteiger charge is 2.30. The zero-order valence-electron chi connectivity index (χ0n) is 10.5. The van der Waals surface area contributed by atoms with E-state index >= 15 is 0 Å². The minimum Gasteiger partial charge on any atom is -0.337 e. The van der Waals surface area contributed by atoms with Gasteiger partial charge in [0, 0.05) is 5.69 Å². The number of hydrogen-bond acceptors (Lipinski definition) is 2. The van der Waals surface area contributed by atoms with E-state index in [0.717, 1.165) is 17.8 Å². The monoisotopic (exact) mass is 277 g/mol. The fraction of sp³-hybridized carbons (Fsp3) is 0.143. The van der Waals surface area contributed by atoms with Crippen molar-refractivity contribution in [3.8, 4) is 11.5 Å². The largest absolute Gasteiger partial charge is 0.416 e. The first-order valence-corrected chi connectivity index (χ1v) is 5.94. The molecule has 0 aliphatic rings. The van der Waals surface area contributed by atoms with Gasteiger partial charge in [0.2, 0.25) is 0 Å². The summed E-state index contributed by atoms with van der Waals surface area (Å²) in [6.45, 7) is 1.84.